The van der Waals surface area contributed by atoms with Gasteiger partial charge in [0.2, 0.25) is 0 Å². The first kappa shape index (κ1) is 18.1. The molecule has 28 heavy (non-hydrogen) atoms. The van der Waals surface area contributed by atoms with Crippen LogP contribution in [0.4, 0.5) is 15.6 Å². The van der Waals surface area contributed by atoms with Crippen LogP contribution in [-0.4, -0.2) is 35.5 Å². The van der Waals surface area contributed by atoms with Gasteiger partial charge >= 0.3 is 6.03 Å². The van der Waals surface area contributed by atoms with Crippen LogP contribution in [-0.2, 0) is 13.0 Å². The second-order valence-electron chi connectivity index (χ2n) is 6.19. The van der Waals surface area contributed by atoms with E-state index >= 15 is 0 Å². The van der Waals surface area contributed by atoms with E-state index < -0.39 is 0 Å². The lowest BCUT2D eigenvalue weighted by molar-refractivity contribution is 0.102. The van der Waals surface area contributed by atoms with Crippen molar-refractivity contribution in [1.82, 2.24) is 9.88 Å². The normalized spacial score (nSPS) is 13.0. The molecule has 3 amide bonds. The van der Waals surface area contributed by atoms with E-state index in [9.17, 15) is 9.59 Å². The number of ether oxygens (including phenoxy) is 1. The number of hydrogen-bond acceptors (Lipinski definition) is 6. The molecule has 144 valence electrons. The minimum absolute atomic E-state index is 0.173. The Morgan fingerprint density at radius 1 is 1.21 bits per heavy atom. The molecule has 0 saturated heterocycles. The fourth-order valence-electron chi connectivity index (χ4n) is 2.86. The second-order valence-corrected chi connectivity index (χ2v) is 7.27. The van der Waals surface area contributed by atoms with Gasteiger partial charge in [-0.05, 0) is 30.3 Å². The van der Waals surface area contributed by atoms with Crippen LogP contribution in [0.15, 0.2) is 47.3 Å². The van der Waals surface area contributed by atoms with Crippen LogP contribution < -0.4 is 15.4 Å². The number of methoxy groups -OCH3 is 1. The van der Waals surface area contributed by atoms with Crippen molar-refractivity contribution < 1.29 is 18.7 Å². The SMILES string of the molecule is COc1ccc(NC(=O)N2CCc3nc(NC(=O)c4ccoc4)sc3C2)cc1. The van der Waals surface area contributed by atoms with E-state index in [2.05, 4.69) is 15.6 Å². The number of carbonyl (C=O) groups is 2. The van der Waals surface area contributed by atoms with Gasteiger partial charge in [0.05, 0.1) is 31.2 Å². The molecule has 0 radical (unpaired) electrons. The molecule has 0 spiro atoms. The predicted molar refractivity (Wildman–Crippen MR) is 105 cm³/mol. The zero-order valence-electron chi connectivity index (χ0n) is 15.1. The topological polar surface area (TPSA) is 96.7 Å². The Morgan fingerprint density at radius 2 is 2.04 bits per heavy atom. The fourth-order valence-corrected chi connectivity index (χ4v) is 3.88. The number of aromatic nitrogens is 1. The number of fused-ring (bicyclic) bond motifs is 1. The average molecular weight is 398 g/mol. The van der Waals surface area contributed by atoms with Crippen molar-refractivity contribution in [2.24, 2.45) is 0 Å². The molecule has 2 aromatic heterocycles. The number of benzene rings is 1. The summed E-state index contributed by atoms with van der Waals surface area (Å²) < 4.78 is 10.0. The molecule has 1 aliphatic rings. The standard InChI is InChI=1S/C19H18N4O4S/c1-26-14-4-2-13(3-5-14)20-19(25)23-8-6-15-16(10-23)28-18(21-15)22-17(24)12-7-9-27-11-12/h2-5,7,9,11H,6,8,10H2,1H3,(H,20,25)(H,21,22,24). The number of anilines is 2. The van der Waals surface area contributed by atoms with Crippen molar-refractivity contribution in [2.75, 3.05) is 24.3 Å². The molecule has 0 atom stereocenters. The van der Waals surface area contributed by atoms with Gasteiger partial charge in [-0.2, -0.15) is 0 Å². The van der Waals surface area contributed by atoms with Crippen molar-refractivity contribution in [2.45, 2.75) is 13.0 Å². The monoisotopic (exact) mass is 398 g/mol. The first-order valence-corrected chi connectivity index (χ1v) is 9.46. The van der Waals surface area contributed by atoms with Gasteiger partial charge in [-0.1, -0.05) is 11.3 Å². The zero-order chi connectivity index (χ0) is 19.5. The molecule has 9 heteroatoms. The second kappa shape index (κ2) is 7.73. The Kier molecular flexibility index (Phi) is 4.98. The summed E-state index contributed by atoms with van der Waals surface area (Å²) >= 11 is 1.38. The van der Waals surface area contributed by atoms with Crippen LogP contribution >= 0.6 is 11.3 Å². The van der Waals surface area contributed by atoms with Crippen LogP contribution in [0.1, 0.15) is 20.9 Å². The summed E-state index contributed by atoms with van der Waals surface area (Å²) in [6, 6.07) is 8.59. The molecule has 0 unspecified atom stereocenters. The highest BCUT2D eigenvalue weighted by Gasteiger charge is 2.25. The van der Waals surface area contributed by atoms with Crippen LogP contribution in [0.25, 0.3) is 0 Å². The number of rotatable bonds is 4. The lowest BCUT2D eigenvalue weighted by Crippen LogP contribution is -2.38. The summed E-state index contributed by atoms with van der Waals surface area (Å²) in [7, 11) is 1.60. The molecule has 2 N–H and O–H groups in total. The highest BCUT2D eigenvalue weighted by atomic mass is 32.1. The van der Waals surface area contributed by atoms with Gasteiger partial charge in [0, 0.05) is 23.5 Å². The molecular formula is C19H18N4O4S. The van der Waals surface area contributed by atoms with Gasteiger partial charge in [-0.25, -0.2) is 9.78 Å². The average Bonchev–Trinajstić information content (AvgIpc) is 3.37. The molecule has 1 aliphatic heterocycles. The van der Waals surface area contributed by atoms with Crippen LogP contribution in [0.5, 0.6) is 5.75 Å². The van der Waals surface area contributed by atoms with Crippen molar-refractivity contribution >= 4 is 34.1 Å². The van der Waals surface area contributed by atoms with Gasteiger partial charge in [-0.3, -0.25) is 10.1 Å². The lowest BCUT2D eigenvalue weighted by Gasteiger charge is -2.26. The zero-order valence-corrected chi connectivity index (χ0v) is 15.9. The van der Waals surface area contributed by atoms with Crippen molar-refractivity contribution in [1.29, 1.82) is 0 Å². The van der Waals surface area contributed by atoms with Crippen LogP contribution in [0.3, 0.4) is 0 Å². The number of carbonyl (C=O) groups excluding carboxylic acids is 2. The Balaban J connectivity index is 1.39. The predicted octanol–water partition coefficient (Wildman–Crippen LogP) is 3.59. The number of furan rings is 1. The summed E-state index contributed by atoms with van der Waals surface area (Å²) in [5.41, 5.74) is 2.06. The van der Waals surface area contributed by atoms with Gasteiger partial charge in [0.1, 0.15) is 12.0 Å². The molecule has 0 aliphatic carbocycles. The minimum Gasteiger partial charge on any atom is -0.497 e. The van der Waals surface area contributed by atoms with E-state index in [-0.39, 0.29) is 11.9 Å². The smallest absolute Gasteiger partial charge is 0.322 e. The van der Waals surface area contributed by atoms with E-state index in [0.29, 0.717) is 35.9 Å². The number of hydrogen-bond donors (Lipinski definition) is 2. The Labute approximate surface area is 165 Å². The van der Waals surface area contributed by atoms with E-state index in [1.54, 1.807) is 42.3 Å². The Hall–Kier alpha value is -3.33. The highest BCUT2D eigenvalue weighted by Crippen LogP contribution is 2.29. The van der Waals surface area contributed by atoms with Gasteiger partial charge in [0.25, 0.3) is 5.91 Å². The molecule has 3 aromatic rings. The van der Waals surface area contributed by atoms with E-state index in [1.165, 1.54) is 23.9 Å². The molecule has 8 nitrogen and oxygen atoms in total. The summed E-state index contributed by atoms with van der Waals surface area (Å²) in [4.78, 5) is 31.9. The quantitative estimate of drug-likeness (QED) is 0.700. The van der Waals surface area contributed by atoms with E-state index in [4.69, 9.17) is 9.15 Å². The van der Waals surface area contributed by atoms with Crippen molar-refractivity contribution in [3.63, 3.8) is 0 Å². The number of nitrogens with one attached hydrogen (secondary N) is 2. The maximum absolute atomic E-state index is 12.6. The van der Waals surface area contributed by atoms with Gasteiger partial charge in [0.15, 0.2) is 5.13 Å². The van der Waals surface area contributed by atoms with E-state index in [0.717, 1.165) is 16.3 Å². The van der Waals surface area contributed by atoms with Gasteiger partial charge < -0.3 is 19.4 Å². The molecule has 0 saturated carbocycles. The number of thiazole rings is 1. The lowest BCUT2D eigenvalue weighted by atomic mass is 10.2. The fraction of sp³-hybridized carbons (Fsp3) is 0.211. The van der Waals surface area contributed by atoms with Crippen LogP contribution in [0.2, 0.25) is 0 Å². The first-order chi connectivity index (χ1) is 13.6. The Bertz CT molecular complexity index is 982. The summed E-state index contributed by atoms with van der Waals surface area (Å²) in [6.07, 6.45) is 3.47. The maximum atomic E-state index is 12.6. The molecule has 1 aromatic carbocycles. The number of urea groups is 1. The maximum Gasteiger partial charge on any atom is 0.322 e. The summed E-state index contributed by atoms with van der Waals surface area (Å²) in [6.45, 7) is 1.02. The summed E-state index contributed by atoms with van der Waals surface area (Å²) in [5.74, 6) is 0.462. The summed E-state index contributed by atoms with van der Waals surface area (Å²) in [5, 5.41) is 6.18. The Morgan fingerprint density at radius 3 is 2.75 bits per heavy atom. The third-order valence-corrected chi connectivity index (χ3v) is 5.36. The molecule has 3 heterocycles. The molecular weight excluding hydrogens is 380 g/mol. The molecule has 0 fully saturated rings. The minimum atomic E-state index is -0.269. The first-order valence-electron chi connectivity index (χ1n) is 8.64. The molecule has 0 bridgehead atoms. The third kappa shape index (κ3) is 3.84. The van der Waals surface area contributed by atoms with Crippen molar-refractivity contribution in [3.05, 3.63) is 59.0 Å². The van der Waals surface area contributed by atoms with E-state index in [1.807, 2.05) is 0 Å². The largest absolute Gasteiger partial charge is 0.497 e. The highest BCUT2D eigenvalue weighted by molar-refractivity contribution is 7.15. The third-order valence-electron chi connectivity index (χ3n) is 4.36. The van der Waals surface area contributed by atoms with Crippen molar-refractivity contribution in [3.8, 4) is 5.75 Å². The number of nitrogens with zero attached hydrogens (tertiary/aromatic N) is 2. The van der Waals surface area contributed by atoms with Gasteiger partial charge in [-0.15, -0.1) is 0 Å². The van der Waals surface area contributed by atoms with Crippen LogP contribution in [0, 0.1) is 0 Å². The molecule has 4 rings (SSSR count). The number of amides is 3.